The average molecular weight is 202 g/mol. The highest BCUT2D eigenvalue weighted by molar-refractivity contribution is 6.17. The van der Waals surface area contributed by atoms with Crippen molar-refractivity contribution in [2.75, 3.05) is 19.0 Å². The molecule has 1 rings (SSSR count). The third-order valence-corrected chi connectivity index (χ3v) is 2.20. The molecule has 0 amide bonds. The Kier molecular flexibility index (Phi) is 4.86. The zero-order valence-corrected chi connectivity index (χ0v) is 8.72. The van der Waals surface area contributed by atoms with E-state index in [0.717, 1.165) is 37.6 Å². The molecule has 3 nitrogen and oxygen atoms in total. The van der Waals surface area contributed by atoms with Crippen molar-refractivity contribution in [2.45, 2.75) is 12.8 Å². The van der Waals surface area contributed by atoms with Crippen LogP contribution < -0.4 is 5.32 Å². The van der Waals surface area contributed by atoms with Crippen LogP contribution in [0.4, 0.5) is 0 Å². The van der Waals surface area contributed by atoms with E-state index in [9.17, 15) is 0 Å². The van der Waals surface area contributed by atoms with Crippen LogP contribution in [0.5, 0.6) is 0 Å². The molecule has 13 heavy (non-hydrogen) atoms. The largest absolute Gasteiger partial charge is 0.338 e. The maximum atomic E-state index is 5.55. The fourth-order valence-corrected chi connectivity index (χ4v) is 1.29. The number of nitrogens with one attached hydrogen (secondary N) is 1. The summed E-state index contributed by atoms with van der Waals surface area (Å²) in [6, 6.07) is 0. The van der Waals surface area contributed by atoms with Gasteiger partial charge in [0.25, 0.3) is 0 Å². The normalized spacial score (nSPS) is 10.6. The maximum absolute atomic E-state index is 5.55. The molecule has 0 fully saturated rings. The van der Waals surface area contributed by atoms with Crippen molar-refractivity contribution in [3.63, 3.8) is 0 Å². The Bertz CT molecular complexity index is 235. The summed E-state index contributed by atoms with van der Waals surface area (Å²) in [5.74, 6) is 1.86. The SMILES string of the molecule is Cn1ccnc1CCNCCCCl. The molecule has 0 radical (unpaired) electrons. The highest BCUT2D eigenvalue weighted by Crippen LogP contribution is 1.93. The van der Waals surface area contributed by atoms with Crippen LogP contribution in [-0.4, -0.2) is 28.5 Å². The first-order valence-corrected chi connectivity index (χ1v) is 5.11. The lowest BCUT2D eigenvalue weighted by Gasteiger charge is -2.03. The van der Waals surface area contributed by atoms with Crippen LogP contribution in [0.25, 0.3) is 0 Å². The van der Waals surface area contributed by atoms with Gasteiger partial charge < -0.3 is 9.88 Å². The lowest BCUT2D eigenvalue weighted by atomic mass is 10.4. The van der Waals surface area contributed by atoms with Crippen molar-refractivity contribution in [3.05, 3.63) is 18.2 Å². The minimum atomic E-state index is 0.732. The quantitative estimate of drug-likeness (QED) is 0.554. The van der Waals surface area contributed by atoms with Crippen LogP contribution in [0.15, 0.2) is 12.4 Å². The number of hydrogen-bond acceptors (Lipinski definition) is 2. The number of alkyl halides is 1. The molecule has 1 heterocycles. The van der Waals surface area contributed by atoms with E-state index in [4.69, 9.17) is 11.6 Å². The Morgan fingerprint density at radius 3 is 3.00 bits per heavy atom. The first kappa shape index (κ1) is 10.5. The molecule has 1 aromatic rings. The Labute approximate surface area is 84.1 Å². The standard InChI is InChI=1S/C9H16ClN3/c1-13-8-7-12-9(13)3-6-11-5-2-4-10/h7-8,11H,2-6H2,1H3. The Balaban J connectivity index is 2.10. The van der Waals surface area contributed by atoms with Crippen molar-refractivity contribution in [3.8, 4) is 0 Å². The van der Waals surface area contributed by atoms with E-state index in [1.807, 2.05) is 24.0 Å². The summed E-state index contributed by atoms with van der Waals surface area (Å²) >= 11 is 5.55. The molecule has 0 spiro atoms. The third-order valence-electron chi connectivity index (χ3n) is 1.93. The number of imidazole rings is 1. The van der Waals surface area contributed by atoms with Gasteiger partial charge in [0.2, 0.25) is 0 Å². The summed E-state index contributed by atoms with van der Waals surface area (Å²) in [6.45, 7) is 1.97. The van der Waals surface area contributed by atoms with Crippen molar-refractivity contribution in [2.24, 2.45) is 7.05 Å². The molecule has 1 aromatic heterocycles. The van der Waals surface area contributed by atoms with E-state index in [1.165, 1.54) is 0 Å². The Morgan fingerprint density at radius 1 is 1.54 bits per heavy atom. The van der Waals surface area contributed by atoms with Crippen LogP contribution in [0, 0.1) is 0 Å². The van der Waals surface area contributed by atoms with E-state index in [-0.39, 0.29) is 0 Å². The first-order valence-electron chi connectivity index (χ1n) is 4.57. The number of halogens is 1. The fourth-order valence-electron chi connectivity index (χ4n) is 1.15. The topological polar surface area (TPSA) is 29.9 Å². The zero-order chi connectivity index (χ0) is 9.52. The summed E-state index contributed by atoms with van der Waals surface area (Å²) in [5, 5.41) is 3.31. The second-order valence-corrected chi connectivity index (χ2v) is 3.37. The van der Waals surface area contributed by atoms with E-state index in [1.54, 1.807) is 0 Å². The minimum Gasteiger partial charge on any atom is -0.338 e. The fraction of sp³-hybridized carbons (Fsp3) is 0.667. The van der Waals surface area contributed by atoms with Crippen LogP contribution in [0.2, 0.25) is 0 Å². The van der Waals surface area contributed by atoms with Crippen LogP contribution in [0.3, 0.4) is 0 Å². The number of hydrogen-bond donors (Lipinski definition) is 1. The maximum Gasteiger partial charge on any atom is 0.109 e. The lowest BCUT2D eigenvalue weighted by molar-refractivity contribution is 0.647. The summed E-state index contributed by atoms with van der Waals surface area (Å²) in [4.78, 5) is 4.23. The Hall–Kier alpha value is -0.540. The smallest absolute Gasteiger partial charge is 0.109 e. The molecular weight excluding hydrogens is 186 g/mol. The minimum absolute atomic E-state index is 0.732. The van der Waals surface area contributed by atoms with Crippen LogP contribution in [0.1, 0.15) is 12.2 Å². The van der Waals surface area contributed by atoms with Gasteiger partial charge in [0, 0.05) is 38.3 Å². The molecular formula is C9H16ClN3. The summed E-state index contributed by atoms with van der Waals surface area (Å²) < 4.78 is 2.04. The third kappa shape index (κ3) is 3.79. The van der Waals surface area contributed by atoms with E-state index in [0.29, 0.717) is 0 Å². The van der Waals surface area contributed by atoms with Gasteiger partial charge in [0.05, 0.1) is 0 Å². The zero-order valence-electron chi connectivity index (χ0n) is 7.96. The van der Waals surface area contributed by atoms with Crippen molar-refractivity contribution < 1.29 is 0 Å². The van der Waals surface area contributed by atoms with Gasteiger partial charge in [0.1, 0.15) is 5.82 Å². The van der Waals surface area contributed by atoms with Gasteiger partial charge in [-0.2, -0.15) is 0 Å². The van der Waals surface area contributed by atoms with E-state index < -0.39 is 0 Å². The molecule has 0 saturated heterocycles. The molecule has 74 valence electrons. The molecule has 0 atom stereocenters. The molecule has 0 aliphatic carbocycles. The highest BCUT2D eigenvalue weighted by Gasteiger charge is 1.97. The molecule has 0 bridgehead atoms. The van der Waals surface area contributed by atoms with Crippen LogP contribution >= 0.6 is 11.6 Å². The van der Waals surface area contributed by atoms with Crippen molar-refractivity contribution in [1.29, 1.82) is 0 Å². The summed E-state index contributed by atoms with van der Waals surface area (Å²) in [7, 11) is 2.01. The van der Waals surface area contributed by atoms with Gasteiger partial charge in [0.15, 0.2) is 0 Å². The van der Waals surface area contributed by atoms with Gasteiger partial charge >= 0.3 is 0 Å². The molecule has 0 saturated carbocycles. The second kappa shape index (κ2) is 6.00. The first-order chi connectivity index (χ1) is 6.34. The van der Waals surface area contributed by atoms with Crippen LogP contribution in [-0.2, 0) is 13.5 Å². The van der Waals surface area contributed by atoms with Crippen molar-refractivity contribution >= 4 is 11.6 Å². The number of nitrogens with zero attached hydrogens (tertiary/aromatic N) is 2. The monoisotopic (exact) mass is 201 g/mol. The summed E-state index contributed by atoms with van der Waals surface area (Å²) in [5.41, 5.74) is 0. The predicted octanol–water partition coefficient (Wildman–Crippen LogP) is 1.18. The lowest BCUT2D eigenvalue weighted by Crippen LogP contribution is -2.20. The molecule has 1 N–H and O–H groups in total. The van der Waals surface area contributed by atoms with E-state index in [2.05, 4.69) is 10.3 Å². The molecule has 0 aliphatic heterocycles. The molecule has 0 unspecified atom stereocenters. The predicted molar refractivity (Wildman–Crippen MR) is 55.1 cm³/mol. The van der Waals surface area contributed by atoms with Gasteiger partial charge in [-0.05, 0) is 13.0 Å². The molecule has 4 heteroatoms. The van der Waals surface area contributed by atoms with Gasteiger partial charge in [-0.3, -0.25) is 0 Å². The van der Waals surface area contributed by atoms with Gasteiger partial charge in [-0.15, -0.1) is 11.6 Å². The van der Waals surface area contributed by atoms with Gasteiger partial charge in [-0.1, -0.05) is 0 Å². The molecule has 0 aromatic carbocycles. The number of aryl methyl sites for hydroxylation is 1. The second-order valence-electron chi connectivity index (χ2n) is 3.00. The molecule has 0 aliphatic rings. The number of aromatic nitrogens is 2. The number of rotatable bonds is 6. The highest BCUT2D eigenvalue weighted by atomic mass is 35.5. The van der Waals surface area contributed by atoms with Gasteiger partial charge in [-0.25, -0.2) is 4.98 Å². The van der Waals surface area contributed by atoms with Crippen molar-refractivity contribution in [1.82, 2.24) is 14.9 Å². The summed E-state index contributed by atoms with van der Waals surface area (Å²) in [6.07, 6.45) is 5.80. The van der Waals surface area contributed by atoms with E-state index >= 15 is 0 Å². The Morgan fingerprint density at radius 2 is 2.38 bits per heavy atom. The average Bonchev–Trinajstić information content (AvgIpc) is 2.52.